The Balaban J connectivity index is 1.92. The quantitative estimate of drug-likeness (QED) is 0.847. The minimum Gasteiger partial charge on any atom is -0.324 e. The highest BCUT2D eigenvalue weighted by Crippen LogP contribution is 2.33. The molecule has 1 aromatic carbocycles. The lowest BCUT2D eigenvalue weighted by Gasteiger charge is -2.16. The fraction of sp³-hybridized carbons (Fsp3) is 0.500. The van der Waals surface area contributed by atoms with E-state index in [1.807, 2.05) is 6.92 Å². The van der Waals surface area contributed by atoms with Gasteiger partial charge in [0.15, 0.2) is 0 Å². The van der Waals surface area contributed by atoms with Gasteiger partial charge < -0.3 is 5.32 Å². The van der Waals surface area contributed by atoms with Gasteiger partial charge in [-0.25, -0.2) is 0 Å². The third-order valence-electron chi connectivity index (χ3n) is 3.26. The highest BCUT2D eigenvalue weighted by atomic mass is 35.5. The molecule has 1 fully saturated rings. The maximum absolute atomic E-state index is 12.1. The third kappa shape index (κ3) is 4.30. The Bertz CT molecular complexity index is 461. The number of nitrogens with one attached hydrogen (secondary N) is 1. The van der Waals surface area contributed by atoms with Gasteiger partial charge in [-0.05, 0) is 38.0 Å². The SMILES string of the molecule is C[C@@H](SC1CCCC1)C(=O)Nc1ccc(Cl)cc1Cl. The van der Waals surface area contributed by atoms with Crippen LogP contribution in [0.3, 0.4) is 0 Å². The van der Waals surface area contributed by atoms with Gasteiger partial charge in [0.1, 0.15) is 0 Å². The van der Waals surface area contributed by atoms with Gasteiger partial charge in [-0.1, -0.05) is 36.0 Å². The van der Waals surface area contributed by atoms with Crippen LogP contribution < -0.4 is 5.32 Å². The number of rotatable bonds is 4. The Morgan fingerprint density at radius 2 is 2.05 bits per heavy atom. The van der Waals surface area contributed by atoms with Crippen molar-refractivity contribution < 1.29 is 4.79 Å². The second-order valence-corrected chi connectivity index (χ2v) is 7.29. The molecule has 104 valence electrons. The van der Waals surface area contributed by atoms with Gasteiger partial charge in [0.25, 0.3) is 0 Å². The molecule has 0 radical (unpaired) electrons. The Morgan fingerprint density at radius 1 is 1.37 bits per heavy atom. The predicted octanol–water partition coefficient (Wildman–Crippen LogP) is 5.00. The molecule has 19 heavy (non-hydrogen) atoms. The molecule has 2 rings (SSSR count). The summed E-state index contributed by atoms with van der Waals surface area (Å²) in [6, 6.07) is 5.08. The molecular weight excluding hydrogens is 301 g/mol. The van der Waals surface area contributed by atoms with E-state index in [1.165, 1.54) is 25.7 Å². The van der Waals surface area contributed by atoms with Crippen LogP contribution in [0, 0.1) is 0 Å². The number of hydrogen-bond donors (Lipinski definition) is 1. The van der Waals surface area contributed by atoms with Crippen molar-refractivity contribution in [2.75, 3.05) is 5.32 Å². The van der Waals surface area contributed by atoms with Crippen molar-refractivity contribution in [3.8, 4) is 0 Å². The molecule has 1 amide bonds. The van der Waals surface area contributed by atoms with E-state index < -0.39 is 0 Å². The second kappa shape index (κ2) is 6.87. The lowest BCUT2D eigenvalue weighted by molar-refractivity contribution is -0.115. The van der Waals surface area contributed by atoms with Crippen LogP contribution in [0.25, 0.3) is 0 Å². The van der Waals surface area contributed by atoms with Crippen LogP contribution in [0.1, 0.15) is 32.6 Å². The zero-order chi connectivity index (χ0) is 13.8. The fourth-order valence-electron chi connectivity index (χ4n) is 2.20. The average molecular weight is 318 g/mol. The van der Waals surface area contributed by atoms with E-state index in [4.69, 9.17) is 23.2 Å². The lowest BCUT2D eigenvalue weighted by Crippen LogP contribution is -2.24. The predicted molar refractivity (Wildman–Crippen MR) is 84.4 cm³/mol. The number of benzene rings is 1. The Morgan fingerprint density at radius 3 is 2.68 bits per heavy atom. The van der Waals surface area contributed by atoms with E-state index in [9.17, 15) is 4.79 Å². The summed E-state index contributed by atoms with van der Waals surface area (Å²) in [4.78, 5) is 12.1. The molecule has 0 unspecified atom stereocenters. The lowest BCUT2D eigenvalue weighted by atomic mass is 10.3. The van der Waals surface area contributed by atoms with Crippen molar-refractivity contribution in [1.29, 1.82) is 0 Å². The highest BCUT2D eigenvalue weighted by molar-refractivity contribution is 8.01. The van der Waals surface area contributed by atoms with Crippen LogP contribution in [-0.2, 0) is 4.79 Å². The van der Waals surface area contributed by atoms with Crippen molar-refractivity contribution in [1.82, 2.24) is 0 Å². The van der Waals surface area contributed by atoms with Crippen LogP contribution >= 0.6 is 35.0 Å². The van der Waals surface area contributed by atoms with E-state index in [-0.39, 0.29) is 11.2 Å². The average Bonchev–Trinajstić information content (AvgIpc) is 2.85. The largest absolute Gasteiger partial charge is 0.324 e. The van der Waals surface area contributed by atoms with Crippen molar-refractivity contribution in [2.24, 2.45) is 0 Å². The number of halogens is 2. The molecule has 0 spiro atoms. The van der Waals surface area contributed by atoms with E-state index in [1.54, 1.807) is 30.0 Å². The Hall–Kier alpha value is -0.380. The molecule has 0 saturated heterocycles. The molecular formula is C14H17Cl2NOS. The van der Waals surface area contributed by atoms with Gasteiger partial charge >= 0.3 is 0 Å². The molecule has 1 N–H and O–H groups in total. The number of carbonyl (C=O) groups is 1. The number of thioether (sulfide) groups is 1. The standard InChI is InChI=1S/C14H17Cl2NOS/c1-9(19-11-4-2-3-5-11)14(18)17-13-7-6-10(15)8-12(13)16/h6-9,11H,2-5H2,1H3,(H,17,18)/t9-/m1/s1. The van der Waals surface area contributed by atoms with Gasteiger partial charge in [0.2, 0.25) is 5.91 Å². The maximum Gasteiger partial charge on any atom is 0.237 e. The maximum atomic E-state index is 12.1. The second-order valence-electron chi connectivity index (χ2n) is 4.80. The molecule has 2 nitrogen and oxygen atoms in total. The molecule has 1 atom stereocenters. The molecule has 5 heteroatoms. The first kappa shape index (κ1) is 15.0. The van der Waals surface area contributed by atoms with Gasteiger partial charge in [-0.15, -0.1) is 11.8 Å². The van der Waals surface area contributed by atoms with E-state index in [2.05, 4.69) is 5.32 Å². The highest BCUT2D eigenvalue weighted by Gasteiger charge is 2.22. The first-order valence-electron chi connectivity index (χ1n) is 6.47. The van der Waals surface area contributed by atoms with Crippen LogP contribution in [0.4, 0.5) is 5.69 Å². The number of anilines is 1. The normalized spacial score (nSPS) is 17.4. The monoisotopic (exact) mass is 317 g/mol. The zero-order valence-electron chi connectivity index (χ0n) is 10.8. The Labute approximate surface area is 128 Å². The Kier molecular flexibility index (Phi) is 5.43. The fourth-order valence-corrected chi connectivity index (χ4v) is 4.02. The summed E-state index contributed by atoms with van der Waals surface area (Å²) < 4.78 is 0. The van der Waals surface area contributed by atoms with Crippen LogP contribution in [0.2, 0.25) is 10.0 Å². The molecule has 1 aliphatic carbocycles. The van der Waals surface area contributed by atoms with E-state index in [0.717, 1.165) is 0 Å². The van der Waals surface area contributed by atoms with Crippen LogP contribution in [-0.4, -0.2) is 16.4 Å². The molecule has 1 saturated carbocycles. The smallest absolute Gasteiger partial charge is 0.237 e. The van der Waals surface area contributed by atoms with Gasteiger partial charge in [-0.2, -0.15) is 0 Å². The minimum absolute atomic E-state index is 0.00104. The number of hydrogen-bond acceptors (Lipinski definition) is 2. The van der Waals surface area contributed by atoms with E-state index in [0.29, 0.717) is 21.0 Å². The van der Waals surface area contributed by atoms with Gasteiger partial charge in [-0.3, -0.25) is 4.79 Å². The van der Waals surface area contributed by atoms with Crippen molar-refractivity contribution in [2.45, 2.75) is 43.1 Å². The van der Waals surface area contributed by atoms with Crippen molar-refractivity contribution in [3.63, 3.8) is 0 Å². The van der Waals surface area contributed by atoms with Crippen molar-refractivity contribution >= 4 is 46.6 Å². The van der Waals surface area contributed by atoms with Crippen LogP contribution in [0.5, 0.6) is 0 Å². The van der Waals surface area contributed by atoms with Crippen molar-refractivity contribution in [3.05, 3.63) is 28.2 Å². The molecule has 0 aliphatic heterocycles. The first-order valence-corrected chi connectivity index (χ1v) is 8.17. The summed E-state index contributed by atoms with van der Waals surface area (Å²) in [6.45, 7) is 1.95. The summed E-state index contributed by atoms with van der Waals surface area (Å²) in [5.74, 6) is 0.00104. The number of carbonyl (C=O) groups excluding carboxylic acids is 1. The summed E-state index contributed by atoms with van der Waals surface area (Å²) in [7, 11) is 0. The molecule has 0 aromatic heterocycles. The van der Waals surface area contributed by atoms with Gasteiger partial charge in [0, 0.05) is 10.3 Å². The summed E-state index contributed by atoms with van der Waals surface area (Å²) in [6.07, 6.45) is 5.03. The molecule has 0 bridgehead atoms. The molecule has 1 aromatic rings. The third-order valence-corrected chi connectivity index (χ3v) is 5.28. The molecule has 1 aliphatic rings. The zero-order valence-corrected chi connectivity index (χ0v) is 13.1. The summed E-state index contributed by atoms with van der Waals surface area (Å²) >= 11 is 13.6. The molecule has 0 heterocycles. The minimum atomic E-state index is -0.0603. The van der Waals surface area contributed by atoms with Crippen LogP contribution in [0.15, 0.2) is 18.2 Å². The number of amides is 1. The van der Waals surface area contributed by atoms with E-state index >= 15 is 0 Å². The van der Waals surface area contributed by atoms with Gasteiger partial charge in [0.05, 0.1) is 16.0 Å². The topological polar surface area (TPSA) is 29.1 Å². The summed E-state index contributed by atoms with van der Waals surface area (Å²) in [5.41, 5.74) is 0.620. The first-order chi connectivity index (χ1) is 9.06. The summed E-state index contributed by atoms with van der Waals surface area (Å²) in [5, 5.41) is 4.46.